The van der Waals surface area contributed by atoms with Crippen molar-refractivity contribution < 1.29 is 9.90 Å². The average molecular weight is 256 g/mol. The molecule has 0 aliphatic carbocycles. The summed E-state index contributed by atoms with van der Waals surface area (Å²) in [5.41, 5.74) is 0.811. The summed E-state index contributed by atoms with van der Waals surface area (Å²) in [4.78, 5) is 14.8. The predicted octanol–water partition coefficient (Wildman–Crippen LogP) is 2.86. The van der Waals surface area contributed by atoms with Crippen LogP contribution < -0.4 is 5.32 Å². The van der Waals surface area contributed by atoms with Crippen molar-refractivity contribution in [2.45, 2.75) is 34.1 Å². The van der Waals surface area contributed by atoms with Crippen molar-refractivity contribution >= 4 is 22.4 Å². The lowest BCUT2D eigenvalue weighted by Crippen LogP contribution is -2.28. The van der Waals surface area contributed by atoms with Gasteiger partial charge >= 0.3 is 5.97 Å². The van der Waals surface area contributed by atoms with Gasteiger partial charge in [0, 0.05) is 11.9 Å². The molecule has 1 aromatic heterocycles. The van der Waals surface area contributed by atoms with E-state index in [1.165, 1.54) is 11.3 Å². The lowest BCUT2D eigenvalue weighted by molar-refractivity contribution is -0.136. The fourth-order valence-electron chi connectivity index (χ4n) is 1.13. The van der Waals surface area contributed by atoms with Crippen molar-refractivity contribution in [2.24, 2.45) is 11.3 Å². The summed E-state index contributed by atoms with van der Waals surface area (Å²) in [5, 5.41) is 14.5. The summed E-state index contributed by atoms with van der Waals surface area (Å²) in [6.45, 7) is 9.64. The van der Waals surface area contributed by atoms with Gasteiger partial charge in [0.2, 0.25) is 0 Å². The molecule has 0 unspecified atom stereocenters. The maximum absolute atomic E-state index is 10.5. The predicted molar refractivity (Wildman–Crippen MR) is 70.6 cm³/mol. The Labute approximate surface area is 106 Å². The molecular formula is C12H20N2O2S. The number of nitrogens with one attached hydrogen (secondary N) is 1. The van der Waals surface area contributed by atoms with Crippen LogP contribution in [-0.4, -0.2) is 22.6 Å². The summed E-state index contributed by atoms with van der Waals surface area (Å²) in [6, 6.07) is 0. The molecule has 0 aromatic carbocycles. The Hall–Kier alpha value is -1.10. The van der Waals surface area contributed by atoms with E-state index >= 15 is 0 Å². The van der Waals surface area contributed by atoms with Gasteiger partial charge in [-0.1, -0.05) is 27.7 Å². The SMILES string of the molecule is CC(C)C(C)(C)CNc1nc(CC(=O)O)cs1. The van der Waals surface area contributed by atoms with E-state index in [4.69, 9.17) is 5.11 Å². The van der Waals surface area contributed by atoms with Crippen LogP contribution >= 0.6 is 11.3 Å². The smallest absolute Gasteiger partial charge is 0.309 e. The van der Waals surface area contributed by atoms with E-state index in [0.717, 1.165) is 11.7 Å². The van der Waals surface area contributed by atoms with Gasteiger partial charge in [0.05, 0.1) is 12.1 Å². The van der Waals surface area contributed by atoms with E-state index in [1.807, 2.05) is 0 Å². The molecule has 0 saturated carbocycles. The van der Waals surface area contributed by atoms with Gasteiger partial charge in [-0.3, -0.25) is 4.79 Å². The Bertz CT molecular complexity index is 386. The number of aliphatic carboxylic acids is 1. The second-order valence-electron chi connectivity index (χ2n) is 5.21. The van der Waals surface area contributed by atoms with Gasteiger partial charge in [0.15, 0.2) is 5.13 Å². The summed E-state index contributed by atoms with van der Waals surface area (Å²) in [6.07, 6.45) is -0.00818. The summed E-state index contributed by atoms with van der Waals surface area (Å²) in [7, 11) is 0. The highest BCUT2D eigenvalue weighted by atomic mass is 32.1. The van der Waals surface area contributed by atoms with Crippen molar-refractivity contribution in [3.63, 3.8) is 0 Å². The van der Waals surface area contributed by atoms with Crippen LogP contribution in [0.25, 0.3) is 0 Å². The Balaban J connectivity index is 2.53. The zero-order valence-corrected chi connectivity index (χ0v) is 11.6. The molecule has 0 aliphatic heterocycles. The van der Waals surface area contributed by atoms with Gasteiger partial charge in [-0.25, -0.2) is 4.98 Å². The van der Waals surface area contributed by atoms with Crippen LogP contribution in [0.3, 0.4) is 0 Å². The third-order valence-corrected chi connectivity index (χ3v) is 3.99. The molecule has 4 nitrogen and oxygen atoms in total. The first-order valence-electron chi connectivity index (χ1n) is 5.71. The van der Waals surface area contributed by atoms with E-state index < -0.39 is 5.97 Å². The maximum Gasteiger partial charge on any atom is 0.309 e. The molecule has 5 heteroatoms. The van der Waals surface area contributed by atoms with Crippen LogP contribution in [0.5, 0.6) is 0 Å². The number of hydrogen-bond acceptors (Lipinski definition) is 4. The van der Waals surface area contributed by atoms with Crippen molar-refractivity contribution in [3.8, 4) is 0 Å². The number of carboxylic acids is 1. The lowest BCUT2D eigenvalue weighted by Gasteiger charge is -2.29. The number of carbonyl (C=O) groups is 1. The van der Waals surface area contributed by atoms with Crippen molar-refractivity contribution in [1.29, 1.82) is 0 Å². The van der Waals surface area contributed by atoms with Crippen LogP contribution in [0.1, 0.15) is 33.4 Å². The third kappa shape index (κ3) is 4.34. The highest BCUT2D eigenvalue weighted by Crippen LogP contribution is 2.27. The van der Waals surface area contributed by atoms with Gasteiger partial charge in [-0.2, -0.15) is 0 Å². The molecule has 0 spiro atoms. The second kappa shape index (κ2) is 5.49. The highest BCUT2D eigenvalue weighted by Gasteiger charge is 2.22. The Morgan fingerprint density at radius 1 is 1.59 bits per heavy atom. The zero-order chi connectivity index (χ0) is 13.1. The van der Waals surface area contributed by atoms with Crippen molar-refractivity contribution in [3.05, 3.63) is 11.1 Å². The number of carboxylic acid groups (broad SMARTS) is 1. The number of thiazole rings is 1. The zero-order valence-electron chi connectivity index (χ0n) is 10.8. The summed E-state index contributed by atoms with van der Waals surface area (Å²) in [5.74, 6) is -0.266. The molecule has 0 saturated heterocycles. The van der Waals surface area contributed by atoms with Crippen LogP contribution in [0.2, 0.25) is 0 Å². The molecule has 1 aromatic rings. The molecule has 2 N–H and O–H groups in total. The second-order valence-corrected chi connectivity index (χ2v) is 6.07. The Morgan fingerprint density at radius 2 is 2.24 bits per heavy atom. The minimum atomic E-state index is -0.843. The van der Waals surface area contributed by atoms with Crippen LogP contribution in [0.4, 0.5) is 5.13 Å². The molecule has 0 atom stereocenters. The molecule has 0 radical (unpaired) electrons. The maximum atomic E-state index is 10.5. The lowest BCUT2D eigenvalue weighted by atomic mass is 9.81. The fraction of sp³-hybridized carbons (Fsp3) is 0.667. The monoisotopic (exact) mass is 256 g/mol. The van der Waals surface area contributed by atoms with E-state index in [0.29, 0.717) is 11.6 Å². The van der Waals surface area contributed by atoms with E-state index in [2.05, 4.69) is 38.0 Å². The third-order valence-electron chi connectivity index (χ3n) is 3.14. The van der Waals surface area contributed by atoms with Gasteiger partial charge in [-0.15, -0.1) is 11.3 Å². The van der Waals surface area contributed by atoms with Gasteiger partial charge in [0.25, 0.3) is 0 Å². The first-order valence-corrected chi connectivity index (χ1v) is 6.59. The molecule has 96 valence electrons. The standard InChI is InChI=1S/C12H20N2O2S/c1-8(2)12(3,4)7-13-11-14-9(6-17-11)5-10(15)16/h6,8H,5,7H2,1-4H3,(H,13,14)(H,15,16). The Morgan fingerprint density at radius 3 is 2.76 bits per heavy atom. The van der Waals surface area contributed by atoms with Crippen LogP contribution in [0, 0.1) is 11.3 Å². The van der Waals surface area contributed by atoms with Gasteiger partial charge in [-0.05, 0) is 11.3 Å². The molecular weight excluding hydrogens is 236 g/mol. The van der Waals surface area contributed by atoms with E-state index in [9.17, 15) is 4.79 Å². The Kier molecular flexibility index (Phi) is 4.51. The fourth-order valence-corrected chi connectivity index (χ4v) is 1.84. The minimum Gasteiger partial charge on any atom is -0.481 e. The molecule has 1 rings (SSSR count). The molecule has 0 fully saturated rings. The quantitative estimate of drug-likeness (QED) is 0.821. The highest BCUT2D eigenvalue weighted by molar-refractivity contribution is 7.13. The molecule has 0 amide bonds. The van der Waals surface area contributed by atoms with Crippen molar-refractivity contribution in [1.82, 2.24) is 4.98 Å². The molecule has 1 heterocycles. The van der Waals surface area contributed by atoms with Gasteiger partial charge < -0.3 is 10.4 Å². The summed E-state index contributed by atoms with van der Waals surface area (Å²) >= 11 is 1.46. The normalized spacial score (nSPS) is 11.8. The molecule has 17 heavy (non-hydrogen) atoms. The molecule has 0 aliphatic rings. The van der Waals surface area contributed by atoms with Crippen LogP contribution in [-0.2, 0) is 11.2 Å². The largest absolute Gasteiger partial charge is 0.481 e. The van der Waals surface area contributed by atoms with E-state index in [1.54, 1.807) is 5.38 Å². The number of nitrogens with zero attached hydrogens (tertiary/aromatic N) is 1. The molecule has 0 bridgehead atoms. The number of hydrogen-bond donors (Lipinski definition) is 2. The minimum absolute atomic E-state index is 0.00818. The first-order chi connectivity index (χ1) is 7.81. The number of rotatable bonds is 6. The number of anilines is 1. The van der Waals surface area contributed by atoms with Gasteiger partial charge in [0.1, 0.15) is 0 Å². The topological polar surface area (TPSA) is 62.2 Å². The van der Waals surface area contributed by atoms with Crippen LogP contribution in [0.15, 0.2) is 5.38 Å². The summed E-state index contributed by atoms with van der Waals surface area (Å²) < 4.78 is 0. The average Bonchev–Trinajstić information content (AvgIpc) is 2.61. The van der Waals surface area contributed by atoms with Crippen molar-refractivity contribution in [2.75, 3.05) is 11.9 Å². The first kappa shape index (κ1) is 14.0. The number of aromatic nitrogens is 1. The van der Waals surface area contributed by atoms with E-state index in [-0.39, 0.29) is 11.8 Å².